The minimum atomic E-state index is -2.45. The van der Waals surface area contributed by atoms with Crippen molar-refractivity contribution in [3.8, 4) is 0 Å². The van der Waals surface area contributed by atoms with Gasteiger partial charge in [-0.3, -0.25) is 91.1 Å². The topological polar surface area (TPSA) is 702 Å². The van der Waals surface area contributed by atoms with Gasteiger partial charge in [-0.2, -0.15) is 0 Å². The molecule has 25 N–H and O–H groups in total. The van der Waals surface area contributed by atoms with Crippen LogP contribution in [0.15, 0.2) is 54.7 Å². The number of aromatic amines is 1. The van der Waals surface area contributed by atoms with Gasteiger partial charge in [-0.15, -0.1) is 0 Å². The number of para-hydroxylation sites is 2. The van der Waals surface area contributed by atoms with E-state index in [2.05, 4.69) is 58.2 Å². The Balaban J connectivity index is 1.59. The number of carbonyl (C=O) groups excluding carboxylic acids is 16. The number of nitrogens with one attached hydrogen (secondary N) is 14. The molecule has 0 spiro atoms. The van der Waals surface area contributed by atoms with Crippen molar-refractivity contribution >= 4 is 135 Å². The number of nitrogen functional groups attached to an aromatic ring is 1. The van der Waals surface area contributed by atoms with Gasteiger partial charge in [0, 0.05) is 47.6 Å². The number of nitrogens with two attached hydrogens (primary N) is 3. The number of rotatable bonds is 32. The molecule has 13 atom stereocenters. The number of fused-ring (bicyclic) bond motifs is 1. The second-order valence-electron chi connectivity index (χ2n) is 28.1. The fraction of sp³-hybridized carbons (Fsp3) is 0.534. The molecule has 1 saturated heterocycles. The Morgan fingerprint density at radius 2 is 1.11 bits per heavy atom. The molecule has 116 heavy (non-hydrogen) atoms. The van der Waals surface area contributed by atoms with E-state index in [9.17, 15) is 121 Å². The number of primary amides is 1. The predicted octanol–water partition coefficient (Wildman–Crippen LogP) is -5.62. The summed E-state index contributed by atoms with van der Waals surface area (Å²) >= 11 is 0. The van der Waals surface area contributed by atoms with Gasteiger partial charge in [0.1, 0.15) is 72.6 Å². The smallest absolute Gasteiger partial charge is 0.329 e. The number of hydrogen-bond acceptors (Lipinski definition) is 24. The van der Waals surface area contributed by atoms with Gasteiger partial charge in [-0.1, -0.05) is 82.2 Å². The lowest BCUT2D eigenvalue weighted by atomic mass is 9.85. The number of hydrogen-bond donors (Lipinski definition) is 22. The van der Waals surface area contributed by atoms with Crippen LogP contribution in [-0.4, -0.2) is 248 Å². The number of esters is 1. The van der Waals surface area contributed by atoms with E-state index >= 15 is 0 Å². The normalized spacial score (nSPS) is 22.1. The predicted molar refractivity (Wildman–Crippen MR) is 403 cm³/mol. The number of carboxylic acid groups (broad SMARTS) is 4. The quantitative estimate of drug-likeness (QED) is 0.0120. The number of amides is 14. The molecule has 14 amide bonds. The van der Waals surface area contributed by atoms with Crippen LogP contribution in [0.5, 0.6) is 0 Å². The highest BCUT2D eigenvalue weighted by Gasteiger charge is 2.41. The van der Waals surface area contributed by atoms with Gasteiger partial charge < -0.3 is 122 Å². The Hall–Kier alpha value is -12.7. The molecule has 0 bridgehead atoms. The number of cyclic esters (lactones) is 1. The highest BCUT2D eigenvalue weighted by molar-refractivity contribution is 6.05. The maximum atomic E-state index is 14.9. The molecule has 5 rings (SSSR count). The Bertz CT molecular complexity index is 4110. The summed E-state index contributed by atoms with van der Waals surface area (Å²) in [6.07, 6.45) is -0.656. The number of aliphatic carboxylic acids is 4. The maximum Gasteiger partial charge on any atom is 0.329 e. The van der Waals surface area contributed by atoms with E-state index in [1.807, 2.05) is 16.0 Å². The standard InChI is InChI=1S/C73H101N17O26/c1-35(24-57(97)98)61-72(114)88-50(26-52(92)41-18-8-10-19-42(41)75)73(115)116-37(3)62(90-69(111)49(30-60(103)104)87-68(110)46(27-53(76)93)85-67(109)45(25-39-31-77-43-20-11-9-17-40(39)43)82-54(94)22-12-7-16-38-14-5-4-6-15-38)71(113)79-33-55(95)81-44(21-13-23-74)65(107)86-48(29-59(101)102)66(108)80-36(2)63(105)84-47(28-58(99)100)64(106)78-32-56(96)83-51(34-91)70(112)89-61/h8-11,17-20,31,35-38,44-51,61-62,77,91H,4-7,12-16,21-30,32-34,74-75H2,1-3H3,(H2,76,93)(H,78,106)(H,79,113)(H,80,108)(H,81,95)(H,82,94)(H,83,96)(H,84,105)(H,85,109)(H,86,107)(H,87,110)(H,88,114)(H,89,112)(H,90,111)(H,97,98)(H,99,100)(H,101,102)(H,103,104)/t35-,36+,37+,44-,45-,46-,47-,48+,49-,50-,51+,61-,62-/m0/s1. The molecule has 1 aromatic heterocycles. The van der Waals surface area contributed by atoms with Gasteiger partial charge in [-0.05, 0) is 75.3 Å². The Labute approximate surface area is 662 Å². The number of aromatic nitrogens is 1. The average molecular weight is 1630 g/mol. The van der Waals surface area contributed by atoms with Gasteiger partial charge in [0.25, 0.3) is 0 Å². The second kappa shape index (κ2) is 46.5. The molecule has 2 aliphatic rings. The molecule has 3 aromatic rings. The van der Waals surface area contributed by atoms with Gasteiger partial charge >= 0.3 is 29.8 Å². The highest BCUT2D eigenvalue weighted by atomic mass is 16.5. The first-order valence-corrected chi connectivity index (χ1v) is 37.3. The Morgan fingerprint density at radius 3 is 1.72 bits per heavy atom. The zero-order valence-corrected chi connectivity index (χ0v) is 63.9. The molecule has 0 unspecified atom stereocenters. The van der Waals surface area contributed by atoms with Gasteiger partial charge in [0.05, 0.1) is 51.8 Å². The van der Waals surface area contributed by atoms with E-state index in [0.29, 0.717) is 28.8 Å². The zero-order chi connectivity index (χ0) is 86.0. The third-order valence-corrected chi connectivity index (χ3v) is 18.8. The van der Waals surface area contributed by atoms with E-state index < -0.39 is 261 Å². The summed E-state index contributed by atoms with van der Waals surface area (Å²) in [7, 11) is 0. The minimum Gasteiger partial charge on any atom is -0.481 e. The number of ether oxygens (including phenoxy) is 1. The summed E-state index contributed by atoms with van der Waals surface area (Å²) in [6.45, 7) is -0.942. The van der Waals surface area contributed by atoms with Crippen molar-refractivity contribution in [1.82, 2.24) is 74.1 Å². The number of benzene rings is 2. The summed E-state index contributed by atoms with van der Waals surface area (Å²) in [5, 5.41) is 78.8. The number of H-pyrrole nitrogens is 1. The van der Waals surface area contributed by atoms with Crippen LogP contribution < -0.4 is 86.3 Å². The van der Waals surface area contributed by atoms with Gasteiger partial charge in [0.2, 0.25) is 82.7 Å². The van der Waals surface area contributed by atoms with E-state index in [4.69, 9.17) is 21.9 Å². The number of unbranched alkanes of at least 4 members (excludes halogenated alkanes) is 1. The molecule has 1 aliphatic heterocycles. The van der Waals surface area contributed by atoms with Gasteiger partial charge in [-0.25, -0.2) is 4.79 Å². The lowest BCUT2D eigenvalue weighted by molar-refractivity contribution is -0.156. The number of carboxylic acids is 4. The Morgan fingerprint density at radius 1 is 0.552 bits per heavy atom. The van der Waals surface area contributed by atoms with Crippen LogP contribution >= 0.6 is 0 Å². The van der Waals surface area contributed by atoms with Crippen molar-refractivity contribution < 1.29 is 126 Å². The van der Waals surface area contributed by atoms with Crippen LogP contribution in [0.2, 0.25) is 0 Å². The van der Waals surface area contributed by atoms with Crippen LogP contribution in [0, 0.1) is 11.8 Å². The molecular weight excluding hydrogens is 1530 g/mol. The van der Waals surface area contributed by atoms with Crippen molar-refractivity contribution in [2.45, 2.75) is 209 Å². The summed E-state index contributed by atoms with van der Waals surface area (Å²) < 4.78 is 5.69. The third-order valence-electron chi connectivity index (χ3n) is 18.8. The molecule has 43 nitrogen and oxygen atoms in total. The number of ketones is 1. The first kappa shape index (κ1) is 93.9. The van der Waals surface area contributed by atoms with Crippen LogP contribution in [0.4, 0.5) is 5.69 Å². The molecule has 2 fully saturated rings. The molecule has 43 heteroatoms. The zero-order valence-electron chi connectivity index (χ0n) is 63.9. The number of aliphatic hydroxyl groups excluding tert-OH is 1. The first-order valence-electron chi connectivity index (χ1n) is 37.3. The number of Topliss-reactive ketones (excluding diaryl/α,β-unsaturated/α-hetero) is 1. The molecule has 1 saturated carbocycles. The number of anilines is 1. The lowest BCUT2D eigenvalue weighted by Gasteiger charge is -2.30. The lowest BCUT2D eigenvalue weighted by Crippen LogP contribution is -2.62. The van der Waals surface area contributed by atoms with Crippen molar-refractivity contribution in [3.63, 3.8) is 0 Å². The van der Waals surface area contributed by atoms with Gasteiger partial charge in [0.15, 0.2) is 5.78 Å². The Kier molecular flexibility index (Phi) is 37.6. The summed E-state index contributed by atoms with van der Waals surface area (Å²) in [5.41, 5.74) is 18.1. The van der Waals surface area contributed by atoms with Crippen molar-refractivity contribution in [3.05, 3.63) is 65.9 Å². The summed E-state index contributed by atoms with van der Waals surface area (Å²) in [5.74, 6) is -29.2. The summed E-state index contributed by atoms with van der Waals surface area (Å²) in [6, 6.07) is -10.5. The number of carbonyl (C=O) groups is 20. The van der Waals surface area contributed by atoms with Crippen LogP contribution in [0.1, 0.15) is 146 Å². The SMILES string of the molecule is C[C@H]1NC(=O)[C@@H](CC(=O)O)NC(=O)[C@H](CCCN)NC(=O)CNC(=O)[C@@H](NC(=O)[C@H](CC(=O)O)NC(=O)[C@H](CC(N)=O)NC(=O)[C@H](Cc2c[nH]c3ccccc23)NC(=O)CCCCC2CCCCC2)[C@@H](C)OC(=O)[C@H](CC(=O)c2ccccc2N)NC(=O)[C@H]([C@@H](C)CC(=O)O)NC(=O)[C@@H](CO)NC(=O)CNC(=O)[C@H](CC(=O)O)NC1=O. The largest absolute Gasteiger partial charge is 0.481 e. The minimum absolute atomic E-state index is 0.00576. The van der Waals surface area contributed by atoms with Crippen molar-refractivity contribution in [2.24, 2.45) is 23.3 Å². The van der Waals surface area contributed by atoms with Crippen LogP contribution in [0.3, 0.4) is 0 Å². The molecule has 1 aliphatic carbocycles. The highest BCUT2D eigenvalue weighted by Crippen LogP contribution is 2.28. The monoisotopic (exact) mass is 1630 g/mol. The third kappa shape index (κ3) is 31.0. The fourth-order valence-electron chi connectivity index (χ4n) is 12.7. The average Bonchev–Trinajstić information content (AvgIpc) is 1.60. The van der Waals surface area contributed by atoms with Crippen LogP contribution in [0.25, 0.3) is 10.9 Å². The van der Waals surface area contributed by atoms with Crippen LogP contribution in [-0.2, 0) is 102 Å². The first-order chi connectivity index (χ1) is 54.9. The molecule has 2 aromatic carbocycles. The number of aliphatic hydroxyl groups is 1. The summed E-state index contributed by atoms with van der Waals surface area (Å²) in [4.78, 5) is 277. The molecule has 634 valence electrons. The van der Waals surface area contributed by atoms with E-state index in [-0.39, 0.29) is 37.1 Å². The van der Waals surface area contributed by atoms with Crippen molar-refractivity contribution in [2.75, 3.05) is 32.0 Å². The maximum absolute atomic E-state index is 14.9. The van der Waals surface area contributed by atoms with Crippen molar-refractivity contribution in [1.29, 1.82) is 0 Å². The molecular formula is C73H101N17O26. The van der Waals surface area contributed by atoms with E-state index in [0.717, 1.165) is 65.7 Å². The second-order valence-corrected chi connectivity index (χ2v) is 28.1. The van der Waals surface area contributed by atoms with E-state index in [1.54, 1.807) is 30.5 Å². The fourth-order valence-corrected chi connectivity index (χ4v) is 12.7. The van der Waals surface area contributed by atoms with E-state index in [1.165, 1.54) is 24.3 Å². The molecule has 2 heterocycles. The molecule has 0 radical (unpaired) electrons.